The minimum absolute atomic E-state index is 0.419. The summed E-state index contributed by atoms with van der Waals surface area (Å²) < 4.78 is 11.4. The smallest absolute Gasteiger partial charge is 0.134 e. The monoisotopic (exact) mass is 247 g/mol. The van der Waals surface area contributed by atoms with E-state index < -0.39 is 0 Å². The van der Waals surface area contributed by atoms with Gasteiger partial charge in [-0.2, -0.15) is 0 Å². The number of ether oxygens (including phenoxy) is 1. The molecule has 1 heterocycles. The van der Waals surface area contributed by atoms with Gasteiger partial charge in [0.05, 0.1) is 13.2 Å². The molecule has 0 saturated heterocycles. The third-order valence-electron chi connectivity index (χ3n) is 3.11. The van der Waals surface area contributed by atoms with Crippen molar-refractivity contribution in [3.05, 3.63) is 35.6 Å². The topological polar surface area (TPSA) is 48.4 Å². The molecule has 0 bridgehead atoms. The summed E-state index contributed by atoms with van der Waals surface area (Å²) >= 11 is 0. The van der Waals surface area contributed by atoms with Gasteiger partial charge in [-0.1, -0.05) is 38.0 Å². The molecule has 2 aromatic rings. The second-order valence-electron chi connectivity index (χ2n) is 4.46. The van der Waals surface area contributed by atoms with Gasteiger partial charge in [-0.15, -0.1) is 0 Å². The van der Waals surface area contributed by atoms with Crippen LogP contribution in [0.4, 0.5) is 0 Å². The van der Waals surface area contributed by atoms with Gasteiger partial charge in [0.25, 0.3) is 0 Å². The van der Waals surface area contributed by atoms with Gasteiger partial charge in [-0.25, -0.2) is 0 Å². The lowest BCUT2D eigenvalue weighted by Crippen LogP contribution is -2.01. The van der Waals surface area contributed by atoms with Crippen molar-refractivity contribution < 1.29 is 9.15 Å². The number of benzene rings is 1. The molecule has 0 aliphatic rings. The maximum atomic E-state index is 5.72. The van der Waals surface area contributed by atoms with Gasteiger partial charge in [0.2, 0.25) is 0 Å². The lowest BCUT2D eigenvalue weighted by atomic mass is 10.1. The molecule has 1 aromatic heterocycles. The minimum atomic E-state index is 0.419. The van der Waals surface area contributed by atoms with Gasteiger partial charge in [0.1, 0.15) is 11.3 Å². The molecule has 0 atom stereocenters. The maximum absolute atomic E-state index is 5.72. The van der Waals surface area contributed by atoms with Crippen molar-refractivity contribution >= 4 is 11.0 Å². The van der Waals surface area contributed by atoms with E-state index in [-0.39, 0.29) is 0 Å². The van der Waals surface area contributed by atoms with Crippen LogP contribution >= 0.6 is 0 Å². The van der Waals surface area contributed by atoms with Gasteiger partial charge in [0.15, 0.2) is 0 Å². The molecular formula is C15H21NO2. The Morgan fingerprint density at radius 1 is 1.22 bits per heavy atom. The molecule has 0 aliphatic carbocycles. The van der Waals surface area contributed by atoms with E-state index in [2.05, 4.69) is 13.0 Å². The number of hydrogen-bond acceptors (Lipinski definition) is 3. The third kappa shape index (κ3) is 2.92. The zero-order chi connectivity index (χ0) is 12.8. The SMILES string of the molecule is CCCCCOCc1c(CN)oc2ccccc12. The van der Waals surface area contributed by atoms with Crippen molar-refractivity contribution in [1.82, 2.24) is 0 Å². The fraction of sp³-hybridized carbons (Fsp3) is 0.467. The molecule has 18 heavy (non-hydrogen) atoms. The van der Waals surface area contributed by atoms with Crippen LogP contribution in [0.1, 0.15) is 37.5 Å². The Kier molecular flexibility index (Phi) is 4.79. The van der Waals surface area contributed by atoms with Gasteiger partial charge in [0, 0.05) is 17.6 Å². The van der Waals surface area contributed by atoms with Gasteiger partial charge < -0.3 is 14.9 Å². The summed E-state index contributed by atoms with van der Waals surface area (Å²) in [6.07, 6.45) is 3.55. The normalized spacial score (nSPS) is 11.2. The molecule has 0 radical (unpaired) electrons. The van der Waals surface area contributed by atoms with E-state index in [9.17, 15) is 0 Å². The quantitative estimate of drug-likeness (QED) is 0.760. The summed E-state index contributed by atoms with van der Waals surface area (Å²) in [7, 11) is 0. The largest absolute Gasteiger partial charge is 0.459 e. The molecule has 2 rings (SSSR count). The Labute approximate surface area is 108 Å². The zero-order valence-corrected chi connectivity index (χ0v) is 10.9. The summed E-state index contributed by atoms with van der Waals surface area (Å²) in [5, 5.41) is 1.12. The second-order valence-corrected chi connectivity index (χ2v) is 4.46. The van der Waals surface area contributed by atoms with Crippen LogP contribution < -0.4 is 5.73 Å². The van der Waals surface area contributed by atoms with Crippen LogP contribution in [0.3, 0.4) is 0 Å². The molecule has 0 aliphatic heterocycles. The molecule has 0 fully saturated rings. The van der Waals surface area contributed by atoms with Crippen molar-refractivity contribution in [3.8, 4) is 0 Å². The zero-order valence-electron chi connectivity index (χ0n) is 10.9. The fourth-order valence-electron chi connectivity index (χ4n) is 2.10. The van der Waals surface area contributed by atoms with Crippen molar-refractivity contribution in [2.45, 2.75) is 39.3 Å². The van der Waals surface area contributed by atoms with Crippen LogP contribution in [0.2, 0.25) is 0 Å². The van der Waals surface area contributed by atoms with Crippen molar-refractivity contribution in [2.24, 2.45) is 5.73 Å². The first-order valence-electron chi connectivity index (χ1n) is 6.64. The molecule has 3 heteroatoms. The average molecular weight is 247 g/mol. The number of rotatable bonds is 7. The van der Waals surface area contributed by atoms with Crippen LogP contribution in [-0.2, 0) is 17.9 Å². The van der Waals surface area contributed by atoms with Crippen LogP contribution in [0, 0.1) is 0 Å². The number of hydrogen-bond donors (Lipinski definition) is 1. The Hall–Kier alpha value is -1.32. The van der Waals surface area contributed by atoms with Crippen molar-refractivity contribution in [3.63, 3.8) is 0 Å². The summed E-state index contributed by atoms with van der Waals surface area (Å²) in [4.78, 5) is 0. The molecule has 0 unspecified atom stereocenters. The van der Waals surface area contributed by atoms with Gasteiger partial charge in [-0.3, -0.25) is 0 Å². The fourth-order valence-corrected chi connectivity index (χ4v) is 2.10. The second kappa shape index (κ2) is 6.57. The Morgan fingerprint density at radius 3 is 2.83 bits per heavy atom. The van der Waals surface area contributed by atoms with Crippen LogP contribution in [0.25, 0.3) is 11.0 Å². The highest BCUT2D eigenvalue weighted by Gasteiger charge is 2.12. The first kappa shape index (κ1) is 13.1. The average Bonchev–Trinajstić information content (AvgIpc) is 2.77. The van der Waals surface area contributed by atoms with Gasteiger partial charge >= 0.3 is 0 Å². The number of para-hydroxylation sites is 1. The van der Waals surface area contributed by atoms with Crippen molar-refractivity contribution in [1.29, 1.82) is 0 Å². The number of fused-ring (bicyclic) bond motifs is 1. The highest BCUT2D eigenvalue weighted by atomic mass is 16.5. The number of furan rings is 1. The Morgan fingerprint density at radius 2 is 2.06 bits per heavy atom. The van der Waals surface area contributed by atoms with Gasteiger partial charge in [-0.05, 0) is 12.5 Å². The molecule has 3 nitrogen and oxygen atoms in total. The highest BCUT2D eigenvalue weighted by Crippen LogP contribution is 2.26. The first-order chi connectivity index (χ1) is 8.86. The first-order valence-corrected chi connectivity index (χ1v) is 6.64. The molecular weight excluding hydrogens is 226 g/mol. The van der Waals surface area contributed by atoms with E-state index in [1.165, 1.54) is 12.8 Å². The van der Waals surface area contributed by atoms with E-state index in [0.29, 0.717) is 13.2 Å². The summed E-state index contributed by atoms with van der Waals surface area (Å²) in [6.45, 7) is 4.00. The number of nitrogens with two attached hydrogens (primary N) is 1. The number of unbranched alkanes of at least 4 members (excludes halogenated alkanes) is 2. The van der Waals surface area contributed by atoms with E-state index in [1.54, 1.807) is 0 Å². The lowest BCUT2D eigenvalue weighted by Gasteiger charge is -2.04. The Bertz CT molecular complexity index is 490. The van der Waals surface area contributed by atoms with Crippen molar-refractivity contribution in [2.75, 3.05) is 6.61 Å². The standard InChI is InChI=1S/C15H21NO2/c1-2-3-6-9-17-11-13-12-7-4-5-8-14(12)18-15(13)10-16/h4-5,7-8H,2-3,6,9-11,16H2,1H3. The van der Waals surface area contributed by atoms with E-state index >= 15 is 0 Å². The maximum Gasteiger partial charge on any atom is 0.134 e. The summed E-state index contributed by atoms with van der Waals surface area (Å²) in [6, 6.07) is 8.01. The predicted octanol–water partition coefficient (Wildman–Crippen LogP) is 3.60. The highest BCUT2D eigenvalue weighted by molar-refractivity contribution is 5.82. The molecule has 1 aromatic carbocycles. The summed E-state index contributed by atoms with van der Waals surface area (Å²) in [5.74, 6) is 0.840. The molecule has 98 valence electrons. The lowest BCUT2D eigenvalue weighted by molar-refractivity contribution is 0.116. The van der Waals surface area contributed by atoms with Crippen LogP contribution in [0.15, 0.2) is 28.7 Å². The minimum Gasteiger partial charge on any atom is -0.459 e. The van der Waals surface area contributed by atoms with Crippen LogP contribution in [-0.4, -0.2) is 6.61 Å². The molecule has 0 saturated carbocycles. The van der Waals surface area contributed by atoms with Crippen LogP contribution in [0.5, 0.6) is 0 Å². The van der Waals surface area contributed by atoms with E-state index in [1.807, 2.05) is 18.2 Å². The predicted molar refractivity (Wildman–Crippen MR) is 73.3 cm³/mol. The third-order valence-corrected chi connectivity index (χ3v) is 3.11. The summed E-state index contributed by atoms with van der Waals surface area (Å²) in [5.41, 5.74) is 7.71. The molecule has 2 N–H and O–H groups in total. The van der Waals surface area contributed by atoms with E-state index in [0.717, 1.165) is 35.3 Å². The molecule has 0 amide bonds. The Balaban J connectivity index is 2.06. The molecule has 0 spiro atoms. The van der Waals surface area contributed by atoms with E-state index in [4.69, 9.17) is 14.9 Å².